The molecule has 1 aromatic carbocycles. The summed E-state index contributed by atoms with van der Waals surface area (Å²) in [4.78, 5) is 6.14. The van der Waals surface area contributed by atoms with Crippen LogP contribution in [0.4, 0.5) is 4.39 Å². The van der Waals surface area contributed by atoms with E-state index in [9.17, 15) is 9.50 Å². The fourth-order valence-corrected chi connectivity index (χ4v) is 4.46. The summed E-state index contributed by atoms with van der Waals surface area (Å²) in [5.41, 5.74) is 1.88. The Labute approximate surface area is 167 Å². The van der Waals surface area contributed by atoms with Crippen LogP contribution >= 0.6 is 0 Å². The highest BCUT2D eigenvalue weighted by Gasteiger charge is 2.47. The van der Waals surface area contributed by atoms with Gasteiger partial charge in [-0.05, 0) is 38.1 Å². The summed E-state index contributed by atoms with van der Waals surface area (Å²) in [6.45, 7) is 0. The standard InChI is InChI=1S/C21H22FN5O2/c1-26-13-3-6-17(26)21(22)19(11-13)29-20-7-5-16(24-25-20)15-4-2-14(10-18(15)28)27-9-8-23-12-27/h2,4-5,7-10,12-13,17,19,21,28H,3,6,11H2,1H3/t13?,17?,19-,21-/m0/s1. The zero-order valence-corrected chi connectivity index (χ0v) is 16.0. The second-order valence-corrected chi connectivity index (χ2v) is 7.73. The van der Waals surface area contributed by atoms with Crippen LogP contribution in [0.3, 0.4) is 0 Å². The summed E-state index contributed by atoms with van der Waals surface area (Å²) < 4.78 is 22.4. The number of rotatable bonds is 4. The van der Waals surface area contributed by atoms with Crippen molar-refractivity contribution in [1.29, 1.82) is 0 Å². The number of halogens is 1. The van der Waals surface area contributed by atoms with Gasteiger partial charge in [0.2, 0.25) is 5.88 Å². The topological polar surface area (TPSA) is 76.3 Å². The van der Waals surface area contributed by atoms with Gasteiger partial charge in [0, 0.05) is 48.6 Å². The number of imidazole rings is 1. The minimum atomic E-state index is -1.03. The molecule has 0 aliphatic carbocycles. The van der Waals surface area contributed by atoms with E-state index in [-0.39, 0.29) is 11.8 Å². The molecule has 2 aliphatic heterocycles. The van der Waals surface area contributed by atoms with E-state index in [2.05, 4.69) is 20.1 Å². The molecule has 4 heterocycles. The number of hydrogen-bond donors (Lipinski definition) is 1. The van der Waals surface area contributed by atoms with Crippen LogP contribution in [0.1, 0.15) is 19.3 Å². The first-order chi connectivity index (χ1) is 14.1. The lowest BCUT2D eigenvalue weighted by molar-refractivity contribution is -0.0134. The number of aromatic hydroxyl groups is 1. The second-order valence-electron chi connectivity index (χ2n) is 7.73. The molecule has 3 aromatic rings. The first-order valence-corrected chi connectivity index (χ1v) is 9.78. The summed E-state index contributed by atoms with van der Waals surface area (Å²) in [6, 6.07) is 8.99. The molecule has 8 heteroatoms. The average Bonchev–Trinajstić information content (AvgIpc) is 3.35. The summed E-state index contributed by atoms with van der Waals surface area (Å²) in [6.07, 6.45) is 6.16. The predicted octanol–water partition coefficient (Wildman–Crippen LogP) is 2.99. The van der Waals surface area contributed by atoms with Gasteiger partial charge in [-0.15, -0.1) is 10.2 Å². The van der Waals surface area contributed by atoms with Gasteiger partial charge in [-0.1, -0.05) is 0 Å². The van der Waals surface area contributed by atoms with E-state index in [0.29, 0.717) is 29.6 Å². The Kier molecular flexibility index (Phi) is 4.43. The molecular formula is C21H22FN5O2. The van der Waals surface area contributed by atoms with Crippen LogP contribution in [0.15, 0.2) is 49.1 Å². The van der Waals surface area contributed by atoms with E-state index < -0.39 is 12.3 Å². The van der Waals surface area contributed by atoms with E-state index in [4.69, 9.17) is 4.74 Å². The van der Waals surface area contributed by atoms with Crippen LogP contribution < -0.4 is 4.74 Å². The van der Waals surface area contributed by atoms with Gasteiger partial charge in [-0.2, -0.15) is 0 Å². The van der Waals surface area contributed by atoms with E-state index in [0.717, 1.165) is 18.5 Å². The van der Waals surface area contributed by atoms with Gasteiger partial charge in [0.1, 0.15) is 11.9 Å². The minimum absolute atomic E-state index is 0.0723. The predicted molar refractivity (Wildman–Crippen MR) is 105 cm³/mol. The number of phenols is 1. The summed E-state index contributed by atoms with van der Waals surface area (Å²) in [5.74, 6) is 0.398. The number of nitrogens with zero attached hydrogens (tertiary/aromatic N) is 5. The first-order valence-electron chi connectivity index (χ1n) is 9.78. The highest BCUT2D eigenvalue weighted by atomic mass is 19.1. The van der Waals surface area contributed by atoms with E-state index in [1.54, 1.807) is 47.6 Å². The van der Waals surface area contributed by atoms with Crippen LogP contribution in [0.2, 0.25) is 0 Å². The van der Waals surface area contributed by atoms with Crippen LogP contribution in [-0.2, 0) is 0 Å². The highest BCUT2D eigenvalue weighted by Crippen LogP contribution is 2.37. The number of ether oxygens (including phenoxy) is 1. The summed E-state index contributed by atoms with van der Waals surface area (Å²) in [7, 11) is 1.99. The summed E-state index contributed by atoms with van der Waals surface area (Å²) >= 11 is 0. The van der Waals surface area contributed by atoms with Crippen molar-refractivity contribution in [2.45, 2.75) is 43.6 Å². The van der Waals surface area contributed by atoms with E-state index in [1.807, 2.05) is 13.1 Å². The Hall–Kier alpha value is -3.00. The number of hydrogen-bond acceptors (Lipinski definition) is 6. The van der Waals surface area contributed by atoms with E-state index >= 15 is 0 Å². The molecule has 2 aliphatic rings. The highest BCUT2D eigenvalue weighted by molar-refractivity contribution is 5.68. The van der Waals surface area contributed by atoms with Gasteiger partial charge < -0.3 is 14.4 Å². The second kappa shape index (κ2) is 7.11. The van der Waals surface area contributed by atoms with Crippen molar-refractivity contribution in [3.05, 3.63) is 49.1 Å². The van der Waals surface area contributed by atoms with E-state index in [1.165, 1.54) is 0 Å². The van der Waals surface area contributed by atoms with Crippen molar-refractivity contribution in [1.82, 2.24) is 24.6 Å². The smallest absolute Gasteiger partial charge is 0.233 e. The van der Waals surface area contributed by atoms with Gasteiger partial charge >= 0.3 is 0 Å². The Morgan fingerprint density at radius 3 is 2.79 bits per heavy atom. The molecule has 2 aromatic heterocycles. The number of fused-ring (bicyclic) bond motifs is 2. The van der Waals surface area contributed by atoms with Gasteiger partial charge in [0.25, 0.3) is 0 Å². The molecule has 2 unspecified atom stereocenters. The maximum absolute atomic E-state index is 14.8. The van der Waals surface area contributed by atoms with Crippen molar-refractivity contribution in [2.24, 2.45) is 0 Å². The number of piperidine rings is 1. The van der Waals surface area contributed by atoms with Gasteiger partial charge in [-0.3, -0.25) is 4.90 Å². The molecule has 29 heavy (non-hydrogen) atoms. The molecule has 7 nitrogen and oxygen atoms in total. The number of alkyl halides is 1. The SMILES string of the molecule is CN1C2CCC1[C@H](F)[C@@H](Oc1ccc(-c3ccc(-n4ccnc4)cc3O)nn1)C2. The zero-order chi connectivity index (χ0) is 20.0. The third kappa shape index (κ3) is 3.23. The molecule has 5 rings (SSSR count). The van der Waals surface area contributed by atoms with Crippen LogP contribution in [-0.4, -0.2) is 61.2 Å². The average molecular weight is 395 g/mol. The molecule has 0 spiro atoms. The fraction of sp³-hybridized carbons (Fsp3) is 0.381. The Balaban J connectivity index is 1.32. The normalized spacial score (nSPS) is 26.6. The van der Waals surface area contributed by atoms with Gasteiger partial charge in [0.05, 0.1) is 17.7 Å². The lowest BCUT2D eigenvalue weighted by atomic mass is 9.98. The van der Waals surface area contributed by atoms with Crippen molar-refractivity contribution in [3.63, 3.8) is 0 Å². The first kappa shape index (κ1) is 18.1. The molecule has 2 bridgehead atoms. The molecule has 0 saturated carbocycles. The molecule has 2 saturated heterocycles. The molecule has 1 N–H and O–H groups in total. The Morgan fingerprint density at radius 1 is 1.17 bits per heavy atom. The number of aromatic nitrogens is 4. The molecule has 2 fully saturated rings. The zero-order valence-electron chi connectivity index (χ0n) is 16.0. The molecule has 0 radical (unpaired) electrons. The molecule has 0 amide bonds. The lowest BCUT2D eigenvalue weighted by Crippen LogP contribution is -2.52. The monoisotopic (exact) mass is 395 g/mol. The largest absolute Gasteiger partial charge is 0.507 e. The molecule has 150 valence electrons. The van der Waals surface area contributed by atoms with Crippen molar-refractivity contribution in [2.75, 3.05) is 7.05 Å². The third-order valence-corrected chi connectivity index (χ3v) is 6.09. The van der Waals surface area contributed by atoms with Crippen molar-refractivity contribution < 1.29 is 14.2 Å². The maximum atomic E-state index is 14.8. The lowest BCUT2D eigenvalue weighted by Gasteiger charge is -2.38. The quantitative estimate of drug-likeness (QED) is 0.732. The molecule has 4 atom stereocenters. The fourth-order valence-electron chi connectivity index (χ4n) is 4.46. The number of benzene rings is 1. The van der Waals surface area contributed by atoms with Crippen LogP contribution in [0.5, 0.6) is 11.6 Å². The van der Waals surface area contributed by atoms with Crippen molar-refractivity contribution in [3.8, 4) is 28.6 Å². The Bertz CT molecular complexity index is 995. The van der Waals surface area contributed by atoms with Gasteiger partial charge in [0.15, 0.2) is 6.17 Å². The Morgan fingerprint density at radius 2 is 2.07 bits per heavy atom. The van der Waals surface area contributed by atoms with Crippen molar-refractivity contribution >= 4 is 0 Å². The maximum Gasteiger partial charge on any atom is 0.233 e. The van der Waals surface area contributed by atoms with Crippen LogP contribution in [0.25, 0.3) is 16.9 Å². The van der Waals surface area contributed by atoms with Gasteiger partial charge in [-0.25, -0.2) is 9.37 Å². The molecular weight excluding hydrogens is 373 g/mol. The minimum Gasteiger partial charge on any atom is -0.507 e. The third-order valence-electron chi connectivity index (χ3n) is 6.09. The summed E-state index contributed by atoms with van der Waals surface area (Å²) in [5, 5.41) is 18.7. The van der Waals surface area contributed by atoms with Crippen LogP contribution in [0, 0.1) is 0 Å². The number of phenolic OH excluding ortho intramolecular Hbond substituents is 1.